The first-order valence-electron chi connectivity index (χ1n) is 6.07. The van der Waals surface area contributed by atoms with Crippen LogP contribution in [0.4, 0.5) is 5.69 Å². The van der Waals surface area contributed by atoms with Crippen LogP contribution in [0.25, 0.3) is 0 Å². The minimum atomic E-state index is 0.0961. The molecule has 1 rings (SSSR count). The summed E-state index contributed by atoms with van der Waals surface area (Å²) in [4.78, 5) is 11.4. The van der Waals surface area contributed by atoms with Crippen LogP contribution in [0, 0.1) is 0 Å². The summed E-state index contributed by atoms with van der Waals surface area (Å²) >= 11 is 0. The van der Waals surface area contributed by atoms with Gasteiger partial charge in [0.2, 0.25) is 5.91 Å². The van der Waals surface area contributed by atoms with Gasteiger partial charge in [0.15, 0.2) is 0 Å². The first-order chi connectivity index (χ1) is 7.67. The van der Waals surface area contributed by atoms with E-state index in [1.165, 1.54) is 5.56 Å². The first-order valence-corrected chi connectivity index (χ1v) is 6.07. The molecule has 2 heteroatoms. The van der Waals surface area contributed by atoms with Crippen molar-refractivity contribution < 1.29 is 4.79 Å². The topological polar surface area (TPSA) is 29.1 Å². The van der Waals surface area contributed by atoms with E-state index in [0.29, 0.717) is 12.3 Å². The molecule has 1 aromatic carbocycles. The van der Waals surface area contributed by atoms with Gasteiger partial charge in [0.1, 0.15) is 0 Å². The van der Waals surface area contributed by atoms with Crippen LogP contribution in [0.2, 0.25) is 0 Å². The highest BCUT2D eigenvalue weighted by Gasteiger charge is 2.04. The van der Waals surface area contributed by atoms with Crippen molar-refractivity contribution in [2.24, 2.45) is 0 Å². The molecule has 0 unspecified atom stereocenters. The molecule has 0 aliphatic heterocycles. The Hall–Kier alpha value is -1.31. The molecule has 0 heterocycles. The monoisotopic (exact) mass is 219 g/mol. The number of benzene rings is 1. The Bertz CT molecular complexity index is 329. The van der Waals surface area contributed by atoms with E-state index in [-0.39, 0.29) is 5.91 Å². The molecule has 0 aliphatic rings. The Morgan fingerprint density at radius 2 is 1.88 bits per heavy atom. The number of carbonyl (C=O) groups is 1. The third-order valence-electron chi connectivity index (χ3n) is 2.85. The molecule has 0 saturated carbocycles. The third kappa shape index (κ3) is 3.69. The Morgan fingerprint density at radius 1 is 1.25 bits per heavy atom. The van der Waals surface area contributed by atoms with E-state index in [2.05, 4.69) is 31.3 Å². The molecule has 0 bridgehead atoms. The summed E-state index contributed by atoms with van der Waals surface area (Å²) in [6.07, 6.45) is 2.62. The Labute approximate surface area is 98.1 Å². The second-order valence-corrected chi connectivity index (χ2v) is 4.23. The van der Waals surface area contributed by atoms with Crippen LogP contribution in [-0.4, -0.2) is 5.91 Å². The molecule has 0 radical (unpaired) electrons. The fraction of sp³-hybridized carbons (Fsp3) is 0.500. The van der Waals surface area contributed by atoms with Gasteiger partial charge in [-0.2, -0.15) is 0 Å². The van der Waals surface area contributed by atoms with Crippen LogP contribution in [-0.2, 0) is 4.79 Å². The van der Waals surface area contributed by atoms with Gasteiger partial charge in [0, 0.05) is 12.1 Å². The van der Waals surface area contributed by atoms with Crippen molar-refractivity contribution in [3.63, 3.8) is 0 Å². The Balaban J connectivity index is 2.61. The van der Waals surface area contributed by atoms with Crippen molar-refractivity contribution in [3.05, 3.63) is 29.8 Å². The minimum absolute atomic E-state index is 0.0961. The number of amides is 1. The van der Waals surface area contributed by atoms with Crippen LogP contribution >= 0.6 is 0 Å². The normalized spacial score (nSPS) is 12.2. The molecular weight excluding hydrogens is 198 g/mol. The first kappa shape index (κ1) is 12.8. The molecule has 1 amide bonds. The molecule has 0 fully saturated rings. The van der Waals surface area contributed by atoms with E-state index in [1.54, 1.807) is 0 Å². The molecule has 0 aromatic heterocycles. The van der Waals surface area contributed by atoms with Gasteiger partial charge in [-0.1, -0.05) is 32.9 Å². The average Bonchev–Trinajstić information content (AvgIpc) is 2.29. The lowest BCUT2D eigenvalue weighted by Crippen LogP contribution is -2.10. The van der Waals surface area contributed by atoms with Gasteiger partial charge < -0.3 is 5.32 Å². The van der Waals surface area contributed by atoms with Gasteiger partial charge in [0.25, 0.3) is 0 Å². The van der Waals surface area contributed by atoms with E-state index < -0.39 is 0 Å². The van der Waals surface area contributed by atoms with Crippen molar-refractivity contribution in [3.8, 4) is 0 Å². The zero-order valence-electron chi connectivity index (χ0n) is 10.4. The summed E-state index contributed by atoms with van der Waals surface area (Å²) in [6, 6.07) is 8.15. The Morgan fingerprint density at radius 3 is 2.38 bits per heavy atom. The van der Waals surface area contributed by atoms with Gasteiger partial charge in [-0.3, -0.25) is 4.79 Å². The van der Waals surface area contributed by atoms with Gasteiger partial charge in [0.05, 0.1) is 0 Å². The molecule has 0 spiro atoms. The molecule has 1 N–H and O–H groups in total. The van der Waals surface area contributed by atoms with Crippen LogP contribution in [0.15, 0.2) is 24.3 Å². The second-order valence-electron chi connectivity index (χ2n) is 4.23. The zero-order chi connectivity index (χ0) is 12.0. The van der Waals surface area contributed by atoms with Crippen molar-refractivity contribution in [1.82, 2.24) is 0 Å². The van der Waals surface area contributed by atoms with Crippen molar-refractivity contribution in [2.75, 3.05) is 5.32 Å². The van der Waals surface area contributed by atoms with Crippen LogP contribution in [0.3, 0.4) is 0 Å². The number of nitrogens with one attached hydrogen (secondary N) is 1. The van der Waals surface area contributed by atoms with Crippen LogP contribution in [0.5, 0.6) is 0 Å². The SMILES string of the molecule is CCCC(=O)Nc1ccc([C@H](C)CC)cc1. The van der Waals surface area contributed by atoms with E-state index in [4.69, 9.17) is 0 Å². The largest absolute Gasteiger partial charge is 0.326 e. The van der Waals surface area contributed by atoms with Gasteiger partial charge in [-0.25, -0.2) is 0 Å². The average molecular weight is 219 g/mol. The molecule has 0 saturated heterocycles. The minimum Gasteiger partial charge on any atom is -0.326 e. The quantitative estimate of drug-likeness (QED) is 0.798. The van der Waals surface area contributed by atoms with Crippen LogP contribution in [0.1, 0.15) is 51.5 Å². The second kappa shape index (κ2) is 6.31. The standard InChI is InChI=1S/C14H21NO/c1-4-6-14(16)15-13-9-7-12(8-10-13)11(3)5-2/h7-11H,4-6H2,1-3H3,(H,15,16)/t11-/m1/s1. The number of hydrogen-bond donors (Lipinski definition) is 1. The van der Waals surface area contributed by atoms with E-state index in [9.17, 15) is 4.79 Å². The fourth-order valence-corrected chi connectivity index (χ4v) is 1.58. The van der Waals surface area contributed by atoms with Crippen molar-refractivity contribution in [2.45, 2.75) is 46.0 Å². The van der Waals surface area contributed by atoms with Crippen molar-refractivity contribution in [1.29, 1.82) is 0 Å². The maximum absolute atomic E-state index is 11.4. The summed E-state index contributed by atoms with van der Waals surface area (Å²) in [7, 11) is 0. The Kier molecular flexibility index (Phi) is 5.03. The lowest BCUT2D eigenvalue weighted by atomic mass is 9.99. The van der Waals surface area contributed by atoms with Gasteiger partial charge >= 0.3 is 0 Å². The number of hydrogen-bond acceptors (Lipinski definition) is 1. The molecule has 1 aromatic rings. The molecule has 2 nitrogen and oxygen atoms in total. The highest BCUT2D eigenvalue weighted by molar-refractivity contribution is 5.90. The van der Waals surface area contributed by atoms with Crippen molar-refractivity contribution >= 4 is 11.6 Å². The maximum atomic E-state index is 11.4. The summed E-state index contributed by atoms with van der Waals surface area (Å²) in [5, 5.41) is 2.89. The predicted molar refractivity (Wildman–Crippen MR) is 68.7 cm³/mol. The maximum Gasteiger partial charge on any atom is 0.224 e. The van der Waals surface area contributed by atoms with Gasteiger partial charge in [-0.15, -0.1) is 0 Å². The van der Waals surface area contributed by atoms with Gasteiger partial charge in [-0.05, 0) is 36.5 Å². The van der Waals surface area contributed by atoms with Crippen LogP contribution < -0.4 is 5.32 Å². The molecule has 0 aliphatic carbocycles. The highest BCUT2D eigenvalue weighted by atomic mass is 16.1. The number of anilines is 1. The lowest BCUT2D eigenvalue weighted by molar-refractivity contribution is -0.116. The van der Waals surface area contributed by atoms with E-state index in [1.807, 2.05) is 19.1 Å². The number of carbonyl (C=O) groups excluding carboxylic acids is 1. The number of rotatable bonds is 5. The summed E-state index contributed by atoms with van der Waals surface area (Å²) < 4.78 is 0. The molecule has 88 valence electrons. The predicted octanol–water partition coefficient (Wildman–Crippen LogP) is 3.94. The lowest BCUT2D eigenvalue weighted by Gasteiger charge is -2.10. The van der Waals surface area contributed by atoms with E-state index >= 15 is 0 Å². The molecular formula is C14H21NO. The molecule has 1 atom stereocenters. The smallest absolute Gasteiger partial charge is 0.224 e. The summed E-state index contributed by atoms with van der Waals surface area (Å²) in [5.41, 5.74) is 2.22. The van der Waals surface area contributed by atoms with E-state index in [0.717, 1.165) is 18.5 Å². The zero-order valence-corrected chi connectivity index (χ0v) is 10.4. The summed E-state index contributed by atoms with van der Waals surface area (Å²) in [6.45, 7) is 6.40. The fourth-order valence-electron chi connectivity index (χ4n) is 1.58. The summed E-state index contributed by atoms with van der Waals surface area (Å²) in [5.74, 6) is 0.680. The third-order valence-corrected chi connectivity index (χ3v) is 2.85. The highest BCUT2D eigenvalue weighted by Crippen LogP contribution is 2.20. The molecule has 16 heavy (non-hydrogen) atoms.